The highest BCUT2D eigenvalue weighted by molar-refractivity contribution is 7.89. The molecule has 0 radical (unpaired) electrons. The number of hydrogen-bond acceptors (Lipinski definition) is 4. The molecule has 1 amide bonds. The molecule has 1 unspecified atom stereocenters. The van der Waals surface area contributed by atoms with Crippen molar-refractivity contribution in [1.82, 2.24) is 4.31 Å². The van der Waals surface area contributed by atoms with Gasteiger partial charge in [0.1, 0.15) is 11.8 Å². The van der Waals surface area contributed by atoms with Crippen molar-refractivity contribution in [2.24, 2.45) is 5.73 Å². The lowest BCUT2D eigenvalue weighted by Crippen LogP contribution is -2.41. The van der Waals surface area contributed by atoms with Crippen molar-refractivity contribution in [2.75, 3.05) is 0 Å². The van der Waals surface area contributed by atoms with Crippen molar-refractivity contribution in [2.45, 2.75) is 23.8 Å². The molecule has 33 heavy (non-hydrogen) atoms. The number of benzene rings is 3. The molecule has 0 saturated carbocycles. The summed E-state index contributed by atoms with van der Waals surface area (Å²) in [6.45, 7) is -0.347. The molecule has 0 heterocycles. The van der Waals surface area contributed by atoms with Gasteiger partial charge in [-0.1, -0.05) is 54.1 Å². The first-order valence-corrected chi connectivity index (χ1v) is 11.3. The van der Waals surface area contributed by atoms with Crippen LogP contribution in [-0.2, 0) is 21.4 Å². The number of nitrogens with zero attached hydrogens (tertiary/aromatic N) is 1. The van der Waals surface area contributed by atoms with Gasteiger partial charge in [-0.25, -0.2) is 8.42 Å². The number of hydrogen-bond donors (Lipinski definition) is 1. The third-order valence-corrected chi connectivity index (χ3v) is 6.67. The Bertz CT molecular complexity index is 1200. The molecule has 0 fully saturated rings. The maximum absolute atomic E-state index is 13.5. The average Bonchev–Trinajstić information content (AvgIpc) is 2.74. The summed E-state index contributed by atoms with van der Waals surface area (Å²) in [5, 5.41) is 0.315. The molecule has 0 aliphatic heterocycles. The highest BCUT2D eigenvalue weighted by Crippen LogP contribution is 2.31. The summed E-state index contributed by atoms with van der Waals surface area (Å²) in [5.74, 6) is -1.39. The van der Waals surface area contributed by atoms with Crippen LogP contribution in [0.2, 0.25) is 5.02 Å². The molecule has 11 heteroatoms. The molecule has 0 aromatic heterocycles. The van der Waals surface area contributed by atoms with E-state index in [1.807, 2.05) is 0 Å². The van der Waals surface area contributed by atoms with E-state index in [-0.39, 0.29) is 11.4 Å². The van der Waals surface area contributed by atoms with Crippen LogP contribution < -0.4 is 10.5 Å². The Morgan fingerprint density at radius 1 is 0.970 bits per heavy atom. The molecule has 174 valence electrons. The quantitative estimate of drug-likeness (QED) is 0.489. The minimum Gasteiger partial charge on any atom is -0.406 e. The van der Waals surface area contributed by atoms with E-state index in [0.717, 1.165) is 16.4 Å². The van der Waals surface area contributed by atoms with Crippen LogP contribution in [0.5, 0.6) is 5.75 Å². The number of nitrogens with two attached hydrogens (primary N) is 1. The van der Waals surface area contributed by atoms with Crippen molar-refractivity contribution in [1.29, 1.82) is 0 Å². The normalized spacial score (nSPS) is 13.0. The largest absolute Gasteiger partial charge is 0.573 e. The number of halogens is 4. The van der Waals surface area contributed by atoms with Gasteiger partial charge in [0.15, 0.2) is 0 Å². The lowest BCUT2D eigenvalue weighted by atomic mass is 10.1. The fourth-order valence-electron chi connectivity index (χ4n) is 3.14. The molecule has 3 rings (SSSR count). The van der Waals surface area contributed by atoms with Gasteiger partial charge in [-0.2, -0.15) is 4.31 Å². The summed E-state index contributed by atoms with van der Waals surface area (Å²) in [7, 11) is -4.28. The zero-order valence-electron chi connectivity index (χ0n) is 16.9. The highest BCUT2D eigenvalue weighted by Gasteiger charge is 2.36. The number of sulfonamides is 1. The molecule has 6 nitrogen and oxygen atoms in total. The molecular formula is C22H18ClF3N2O4S. The van der Waals surface area contributed by atoms with Crippen LogP contribution >= 0.6 is 11.6 Å². The minimum atomic E-state index is -4.87. The number of rotatable bonds is 8. The molecule has 0 bridgehead atoms. The van der Waals surface area contributed by atoms with E-state index in [1.165, 1.54) is 36.4 Å². The van der Waals surface area contributed by atoms with Gasteiger partial charge in [-0.15, -0.1) is 13.2 Å². The van der Waals surface area contributed by atoms with E-state index in [0.29, 0.717) is 16.1 Å². The molecule has 0 aliphatic rings. The second-order valence-corrected chi connectivity index (χ2v) is 9.24. The molecule has 3 aromatic rings. The van der Waals surface area contributed by atoms with Gasteiger partial charge in [0.05, 0.1) is 4.90 Å². The lowest BCUT2D eigenvalue weighted by Gasteiger charge is -2.29. The molecule has 3 aromatic carbocycles. The van der Waals surface area contributed by atoms with Gasteiger partial charge in [-0.3, -0.25) is 4.79 Å². The Balaban J connectivity index is 2.05. The monoisotopic (exact) mass is 498 g/mol. The van der Waals surface area contributed by atoms with Crippen LogP contribution in [0.4, 0.5) is 13.2 Å². The number of amides is 1. The number of primary amides is 1. The third kappa shape index (κ3) is 6.25. The van der Waals surface area contributed by atoms with Crippen LogP contribution in [0.25, 0.3) is 0 Å². The van der Waals surface area contributed by atoms with E-state index in [4.69, 9.17) is 17.3 Å². The number of carbonyl (C=O) groups is 1. The third-order valence-electron chi connectivity index (χ3n) is 4.59. The number of carbonyl (C=O) groups excluding carboxylic acids is 1. The Labute approximate surface area is 193 Å². The summed E-state index contributed by atoms with van der Waals surface area (Å²) in [5.41, 5.74) is 6.25. The summed E-state index contributed by atoms with van der Waals surface area (Å²) in [4.78, 5) is 12.3. The van der Waals surface area contributed by atoms with E-state index in [9.17, 15) is 26.4 Å². The molecule has 1 atom stereocenters. The summed E-state index contributed by atoms with van der Waals surface area (Å²) >= 11 is 5.87. The fraction of sp³-hybridized carbons (Fsp3) is 0.136. The molecule has 0 saturated heterocycles. The fourth-order valence-corrected chi connectivity index (χ4v) is 4.84. The predicted octanol–water partition coefficient (Wildman–Crippen LogP) is 4.66. The topological polar surface area (TPSA) is 89.7 Å². The van der Waals surface area contributed by atoms with Crippen LogP contribution in [0.1, 0.15) is 17.2 Å². The Morgan fingerprint density at radius 2 is 1.55 bits per heavy atom. The Hall–Kier alpha value is -3.08. The van der Waals surface area contributed by atoms with E-state index in [1.54, 1.807) is 30.3 Å². The van der Waals surface area contributed by atoms with Crippen LogP contribution in [0.15, 0.2) is 83.8 Å². The van der Waals surface area contributed by atoms with Gasteiger partial charge in [0.25, 0.3) is 0 Å². The van der Waals surface area contributed by atoms with E-state index >= 15 is 0 Å². The van der Waals surface area contributed by atoms with Gasteiger partial charge >= 0.3 is 6.36 Å². The van der Waals surface area contributed by atoms with Crippen LogP contribution in [0.3, 0.4) is 0 Å². The first kappa shape index (κ1) is 24.6. The van der Waals surface area contributed by atoms with Gasteiger partial charge < -0.3 is 10.5 Å². The first-order valence-electron chi connectivity index (χ1n) is 9.44. The van der Waals surface area contributed by atoms with E-state index in [2.05, 4.69) is 4.74 Å². The maximum atomic E-state index is 13.5. The molecule has 2 N–H and O–H groups in total. The predicted molar refractivity (Wildman–Crippen MR) is 116 cm³/mol. The number of ether oxygens (including phenoxy) is 1. The first-order chi connectivity index (χ1) is 15.5. The van der Waals surface area contributed by atoms with Crippen LogP contribution in [0, 0.1) is 0 Å². The van der Waals surface area contributed by atoms with E-state index < -0.39 is 34.1 Å². The Morgan fingerprint density at radius 3 is 2.06 bits per heavy atom. The van der Waals surface area contributed by atoms with Crippen molar-refractivity contribution >= 4 is 27.5 Å². The number of alkyl halides is 3. The summed E-state index contributed by atoms with van der Waals surface area (Å²) in [6.07, 6.45) is -4.87. The zero-order valence-corrected chi connectivity index (χ0v) is 18.4. The molecule has 0 spiro atoms. The van der Waals surface area contributed by atoms with Gasteiger partial charge in [0.2, 0.25) is 15.9 Å². The molecule has 0 aliphatic carbocycles. The second-order valence-electron chi connectivity index (χ2n) is 6.91. The molecular weight excluding hydrogens is 481 g/mol. The summed E-state index contributed by atoms with van der Waals surface area (Å²) < 4.78 is 69.1. The zero-order chi connectivity index (χ0) is 24.2. The Kier molecular flexibility index (Phi) is 7.31. The van der Waals surface area contributed by atoms with Crippen LogP contribution in [-0.4, -0.2) is 25.0 Å². The van der Waals surface area contributed by atoms with Crippen molar-refractivity contribution in [3.63, 3.8) is 0 Å². The standard InChI is InChI=1S/C22H18ClF3N2O4S/c23-17-8-12-19(13-9-17)33(30,31)28(20(21(27)29)16-4-2-1-3-5-16)14-15-6-10-18(11-7-15)32-22(24,25)26/h1-13,20H,14H2,(H2,27,29). The minimum absolute atomic E-state index is 0.133. The summed E-state index contributed by atoms with van der Waals surface area (Å²) in [6, 6.07) is 16.7. The van der Waals surface area contributed by atoms with Crippen molar-refractivity contribution in [3.8, 4) is 5.75 Å². The second kappa shape index (κ2) is 9.82. The van der Waals surface area contributed by atoms with Gasteiger partial charge in [-0.05, 0) is 47.5 Å². The average molecular weight is 499 g/mol. The SMILES string of the molecule is NC(=O)C(c1ccccc1)N(Cc1ccc(OC(F)(F)F)cc1)S(=O)(=O)c1ccc(Cl)cc1. The smallest absolute Gasteiger partial charge is 0.406 e. The van der Waals surface area contributed by atoms with Crippen molar-refractivity contribution in [3.05, 3.63) is 95.0 Å². The lowest BCUT2D eigenvalue weighted by molar-refractivity contribution is -0.274. The highest BCUT2D eigenvalue weighted by atomic mass is 35.5. The maximum Gasteiger partial charge on any atom is 0.573 e. The van der Waals surface area contributed by atoms with Crippen molar-refractivity contribution < 1.29 is 31.1 Å². The van der Waals surface area contributed by atoms with Gasteiger partial charge in [0, 0.05) is 11.6 Å².